The standard InChI is InChI=1S/C34H31NO11P2/c1-38-28-14-6-9-17-31(28)43-47(42-27-13-5-4-12-26(27)36)41-23-24-20-21-25(35-37)22-34(24)46-48(44-32-18-10-7-15-29(32)39-2)45-33-19-11-8-16-30(33)40-3/h4-22,36H,23H2,1-3H3. The van der Waals surface area contributed by atoms with Crippen LogP contribution < -0.4 is 36.8 Å². The molecule has 48 heavy (non-hydrogen) atoms. The highest BCUT2D eigenvalue weighted by atomic mass is 31.2. The summed E-state index contributed by atoms with van der Waals surface area (Å²) < 4.78 is 53.3. The van der Waals surface area contributed by atoms with E-state index in [9.17, 15) is 10.0 Å². The lowest BCUT2D eigenvalue weighted by Gasteiger charge is -2.22. The lowest BCUT2D eigenvalue weighted by molar-refractivity contribution is 0.248. The van der Waals surface area contributed by atoms with Crippen LogP contribution in [-0.4, -0.2) is 26.4 Å². The summed E-state index contributed by atoms with van der Waals surface area (Å²) in [5, 5.41) is 13.4. The first-order valence-corrected chi connectivity index (χ1v) is 16.5. The van der Waals surface area contributed by atoms with E-state index >= 15 is 0 Å². The van der Waals surface area contributed by atoms with Gasteiger partial charge in [0, 0.05) is 11.6 Å². The zero-order valence-corrected chi connectivity index (χ0v) is 27.8. The number of ether oxygens (including phenoxy) is 3. The van der Waals surface area contributed by atoms with Crippen LogP contribution in [0.2, 0.25) is 0 Å². The van der Waals surface area contributed by atoms with Gasteiger partial charge in [0.2, 0.25) is 0 Å². The molecule has 0 saturated heterocycles. The molecule has 5 aromatic carbocycles. The molecule has 0 fully saturated rings. The quantitative estimate of drug-likeness (QED) is 0.0738. The van der Waals surface area contributed by atoms with Crippen LogP contribution in [0.4, 0.5) is 5.69 Å². The normalized spacial score (nSPS) is 11.2. The molecule has 14 heteroatoms. The molecule has 0 aliphatic rings. The SMILES string of the molecule is COc1ccccc1OP(OCc1ccc(N=O)cc1OP(Oc1ccccc1OC)Oc1ccccc1OC)Oc1ccccc1O. The van der Waals surface area contributed by atoms with Gasteiger partial charge in [-0.15, -0.1) is 4.91 Å². The van der Waals surface area contributed by atoms with Crippen LogP contribution in [0.3, 0.4) is 0 Å². The second-order valence-electron chi connectivity index (χ2n) is 9.48. The molecular weight excluding hydrogens is 660 g/mol. The van der Waals surface area contributed by atoms with Gasteiger partial charge in [0.15, 0.2) is 46.0 Å². The first kappa shape index (κ1) is 34.1. The minimum Gasteiger partial charge on any atom is -0.504 e. The number of nitrogens with zero attached hydrogens (tertiary/aromatic N) is 1. The Balaban J connectivity index is 1.45. The third-order valence-electron chi connectivity index (χ3n) is 6.42. The molecule has 5 rings (SSSR count). The van der Waals surface area contributed by atoms with E-state index < -0.39 is 17.2 Å². The predicted molar refractivity (Wildman–Crippen MR) is 181 cm³/mol. The summed E-state index contributed by atoms with van der Waals surface area (Å²) in [5.74, 6) is 2.64. The van der Waals surface area contributed by atoms with E-state index in [0.29, 0.717) is 40.1 Å². The van der Waals surface area contributed by atoms with Gasteiger partial charge >= 0.3 is 17.2 Å². The predicted octanol–water partition coefficient (Wildman–Crippen LogP) is 9.48. The van der Waals surface area contributed by atoms with Crippen molar-refractivity contribution >= 4 is 22.9 Å². The summed E-state index contributed by atoms with van der Waals surface area (Å²) in [6.45, 7) is -0.130. The molecule has 0 amide bonds. The summed E-state index contributed by atoms with van der Waals surface area (Å²) in [6.07, 6.45) is 0. The van der Waals surface area contributed by atoms with Crippen molar-refractivity contribution < 1.29 is 46.5 Å². The fraction of sp³-hybridized carbons (Fsp3) is 0.118. The second-order valence-corrected chi connectivity index (χ2v) is 11.5. The summed E-state index contributed by atoms with van der Waals surface area (Å²) in [6, 6.07) is 32.0. The largest absolute Gasteiger partial charge is 0.530 e. The monoisotopic (exact) mass is 691 g/mol. The van der Waals surface area contributed by atoms with Gasteiger partial charge in [0.25, 0.3) is 0 Å². The van der Waals surface area contributed by atoms with E-state index in [0.717, 1.165) is 0 Å². The summed E-state index contributed by atoms with van der Waals surface area (Å²) >= 11 is 0. The number of para-hydroxylation sites is 8. The molecule has 0 aliphatic carbocycles. The number of methoxy groups -OCH3 is 3. The van der Waals surface area contributed by atoms with Gasteiger partial charge < -0.3 is 41.9 Å². The topological polar surface area (TPSA) is 133 Å². The average molecular weight is 692 g/mol. The number of hydrogen-bond donors (Lipinski definition) is 1. The molecule has 5 aromatic rings. The smallest absolute Gasteiger partial charge is 0.504 e. The molecule has 12 nitrogen and oxygen atoms in total. The fourth-order valence-corrected chi connectivity index (χ4v) is 6.15. The van der Waals surface area contributed by atoms with Gasteiger partial charge in [-0.05, 0) is 59.8 Å². The molecule has 0 radical (unpaired) electrons. The van der Waals surface area contributed by atoms with Crippen LogP contribution in [0.25, 0.3) is 0 Å². The minimum absolute atomic E-state index is 0.0938. The molecule has 0 saturated carbocycles. The van der Waals surface area contributed by atoms with Crippen LogP contribution in [-0.2, 0) is 11.1 Å². The van der Waals surface area contributed by atoms with Crippen LogP contribution in [0.15, 0.2) is 120 Å². The van der Waals surface area contributed by atoms with Crippen LogP contribution >= 0.6 is 17.2 Å². The zero-order chi connectivity index (χ0) is 33.7. The lowest BCUT2D eigenvalue weighted by atomic mass is 10.2. The number of benzene rings is 5. The maximum absolute atomic E-state index is 11.6. The maximum atomic E-state index is 11.6. The molecule has 0 bridgehead atoms. The third-order valence-corrected chi connectivity index (χ3v) is 8.49. The number of aromatic hydroxyl groups is 1. The molecule has 1 N–H and O–H groups in total. The first-order valence-electron chi connectivity index (χ1n) is 14.3. The van der Waals surface area contributed by atoms with Gasteiger partial charge in [-0.2, -0.15) is 0 Å². The molecule has 248 valence electrons. The number of phenolic OH excluding ortho intramolecular Hbond substituents is 1. The van der Waals surface area contributed by atoms with E-state index in [-0.39, 0.29) is 29.5 Å². The van der Waals surface area contributed by atoms with Crippen LogP contribution in [0.1, 0.15) is 5.56 Å². The summed E-state index contributed by atoms with van der Waals surface area (Å²) in [4.78, 5) is 11.6. The van der Waals surface area contributed by atoms with Gasteiger partial charge in [0.1, 0.15) is 11.4 Å². The van der Waals surface area contributed by atoms with Crippen molar-refractivity contribution in [1.82, 2.24) is 0 Å². The molecule has 0 aromatic heterocycles. The van der Waals surface area contributed by atoms with Crippen molar-refractivity contribution in [1.29, 1.82) is 0 Å². The van der Waals surface area contributed by atoms with Crippen molar-refractivity contribution in [3.8, 4) is 51.7 Å². The van der Waals surface area contributed by atoms with E-state index in [1.165, 1.54) is 39.5 Å². The van der Waals surface area contributed by atoms with E-state index in [4.69, 9.17) is 41.4 Å². The number of phenols is 1. The molecular formula is C34H31NO11P2. The number of hydrogen-bond acceptors (Lipinski definition) is 12. The Morgan fingerprint density at radius 1 is 0.521 bits per heavy atom. The van der Waals surface area contributed by atoms with E-state index in [1.807, 2.05) is 0 Å². The Morgan fingerprint density at radius 3 is 1.42 bits per heavy atom. The summed E-state index contributed by atoms with van der Waals surface area (Å²) in [5.41, 5.74) is 0.565. The highest BCUT2D eigenvalue weighted by Crippen LogP contribution is 2.50. The van der Waals surface area contributed by atoms with Gasteiger partial charge in [0.05, 0.1) is 27.9 Å². The van der Waals surface area contributed by atoms with Crippen molar-refractivity contribution in [2.75, 3.05) is 21.3 Å². The highest BCUT2D eigenvalue weighted by Gasteiger charge is 2.27. The Morgan fingerprint density at radius 2 is 0.938 bits per heavy atom. The zero-order valence-electron chi connectivity index (χ0n) is 26.0. The van der Waals surface area contributed by atoms with Crippen LogP contribution in [0.5, 0.6) is 51.7 Å². The van der Waals surface area contributed by atoms with Crippen molar-refractivity contribution in [3.05, 3.63) is 126 Å². The van der Waals surface area contributed by atoms with E-state index in [1.54, 1.807) is 97.1 Å². The van der Waals surface area contributed by atoms with E-state index in [2.05, 4.69) is 5.18 Å². The summed E-state index contributed by atoms with van der Waals surface area (Å²) in [7, 11) is 0.117. The fourth-order valence-electron chi connectivity index (χ4n) is 4.07. The highest BCUT2D eigenvalue weighted by molar-refractivity contribution is 7.43. The van der Waals surface area contributed by atoms with Crippen molar-refractivity contribution in [2.24, 2.45) is 5.18 Å². The molecule has 1 unspecified atom stereocenters. The Bertz CT molecular complexity index is 1760. The Labute approximate surface area is 279 Å². The Kier molecular flexibility index (Phi) is 12.1. The Hall–Kier alpha value is -5.28. The average Bonchev–Trinajstić information content (AvgIpc) is 3.12. The van der Waals surface area contributed by atoms with Gasteiger partial charge in [-0.1, -0.05) is 54.6 Å². The first-order chi connectivity index (χ1) is 23.5. The molecule has 1 atom stereocenters. The third kappa shape index (κ3) is 8.95. The van der Waals surface area contributed by atoms with Crippen LogP contribution in [0, 0.1) is 4.91 Å². The van der Waals surface area contributed by atoms with Crippen molar-refractivity contribution in [3.63, 3.8) is 0 Å². The van der Waals surface area contributed by atoms with Gasteiger partial charge in [-0.25, -0.2) is 0 Å². The van der Waals surface area contributed by atoms with Crippen molar-refractivity contribution in [2.45, 2.75) is 6.61 Å². The molecule has 0 aliphatic heterocycles. The number of rotatable bonds is 17. The lowest BCUT2D eigenvalue weighted by Crippen LogP contribution is -2.06. The second kappa shape index (κ2) is 17.0. The maximum Gasteiger partial charge on any atom is 0.530 e. The van der Waals surface area contributed by atoms with Gasteiger partial charge in [-0.3, -0.25) is 4.52 Å². The molecule has 0 heterocycles. The number of nitroso groups, excluding NO2 is 1. The minimum atomic E-state index is -2.25. The molecule has 0 spiro atoms.